The number of benzene rings is 1. The number of rotatable bonds is 3. The minimum atomic E-state index is -3.50. The number of thiophene rings is 1. The van der Waals surface area contributed by atoms with E-state index in [0.717, 1.165) is 24.1 Å². The number of carbonyl (C=O) groups excluding carboxylic acids is 1. The summed E-state index contributed by atoms with van der Waals surface area (Å²) >= 11 is 1.69. The Balaban J connectivity index is 1.57. The topological polar surface area (TPSA) is 57.7 Å². The molecule has 24 heavy (non-hydrogen) atoms. The summed E-state index contributed by atoms with van der Waals surface area (Å²) in [6.45, 7) is 1.66. The number of amides is 1. The molecule has 0 aliphatic carbocycles. The van der Waals surface area contributed by atoms with Crippen molar-refractivity contribution in [3.05, 3.63) is 46.2 Å². The molecule has 0 bridgehead atoms. The lowest BCUT2D eigenvalue weighted by atomic mass is 10.1. The fourth-order valence-electron chi connectivity index (χ4n) is 3.30. The number of fused-ring (bicyclic) bond motifs is 1. The van der Waals surface area contributed by atoms with Crippen LogP contribution in [-0.2, 0) is 27.8 Å². The van der Waals surface area contributed by atoms with Crippen LogP contribution in [0.2, 0.25) is 0 Å². The molecule has 126 valence electrons. The Kier molecular flexibility index (Phi) is 3.94. The molecule has 1 aromatic carbocycles. The normalized spacial score (nSPS) is 18.8. The second kappa shape index (κ2) is 5.98. The zero-order valence-corrected chi connectivity index (χ0v) is 14.8. The molecule has 0 N–H and O–H groups in total. The standard InChI is InChI=1S/C17H18N2O3S2/c20-17-2-1-9-19(17)14-3-5-15(6-4-14)24(21,22)18-10-7-16-13(12-18)8-11-23-16/h3-6,8,11H,1-2,7,9-10,12H2. The molecule has 2 aliphatic heterocycles. The quantitative estimate of drug-likeness (QED) is 0.843. The third kappa shape index (κ3) is 2.66. The highest BCUT2D eigenvalue weighted by Crippen LogP contribution is 2.29. The Morgan fingerprint density at radius 1 is 1.00 bits per heavy atom. The van der Waals surface area contributed by atoms with Crippen LogP contribution in [0.4, 0.5) is 5.69 Å². The highest BCUT2D eigenvalue weighted by Gasteiger charge is 2.29. The number of hydrogen-bond donors (Lipinski definition) is 0. The molecule has 1 saturated heterocycles. The van der Waals surface area contributed by atoms with Gasteiger partial charge in [0.25, 0.3) is 0 Å². The smallest absolute Gasteiger partial charge is 0.243 e. The average molecular weight is 362 g/mol. The first-order chi connectivity index (χ1) is 11.6. The van der Waals surface area contributed by atoms with Gasteiger partial charge in [-0.3, -0.25) is 4.79 Å². The van der Waals surface area contributed by atoms with Gasteiger partial charge in [0.2, 0.25) is 15.9 Å². The highest BCUT2D eigenvalue weighted by molar-refractivity contribution is 7.89. The van der Waals surface area contributed by atoms with E-state index < -0.39 is 10.0 Å². The molecular formula is C17H18N2O3S2. The number of hydrogen-bond acceptors (Lipinski definition) is 4. The Labute approximate surface area is 145 Å². The van der Waals surface area contributed by atoms with Crippen LogP contribution in [0.1, 0.15) is 23.3 Å². The van der Waals surface area contributed by atoms with Crippen molar-refractivity contribution in [1.82, 2.24) is 4.31 Å². The molecule has 0 radical (unpaired) electrons. The van der Waals surface area contributed by atoms with Crippen LogP contribution < -0.4 is 4.90 Å². The van der Waals surface area contributed by atoms with Gasteiger partial charge in [-0.2, -0.15) is 4.31 Å². The molecule has 0 unspecified atom stereocenters. The summed E-state index contributed by atoms with van der Waals surface area (Å²) < 4.78 is 27.3. The predicted octanol–water partition coefficient (Wildman–Crippen LogP) is 2.62. The van der Waals surface area contributed by atoms with Crippen molar-refractivity contribution in [2.24, 2.45) is 0 Å². The maximum Gasteiger partial charge on any atom is 0.243 e. The number of nitrogens with zero attached hydrogens (tertiary/aromatic N) is 2. The summed E-state index contributed by atoms with van der Waals surface area (Å²) in [6, 6.07) is 8.69. The van der Waals surface area contributed by atoms with Crippen LogP contribution in [0.25, 0.3) is 0 Å². The van der Waals surface area contributed by atoms with Gasteiger partial charge in [-0.1, -0.05) is 0 Å². The van der Waals surface area contributed by atoms with Gasteiger partial charge in [0.15, 0.2) is 0 Å². The molecule has 5 nitrogen and oxygen atoms in total. The Morgan fingerprint density at radius 2 is 1.79 bits per heavy atom. The van der Waals surface area contributed by atoms with Crippen molar-refractivity contribution in [3.63, 3.8) is 0 Å². The molecule has 0 atom stereocenters. The fraction of sp³-hybridized carbons (Fsp3) is 0.353. The number of sulfonamides is 1. The third-order valence-electron chi connectivity index (χ3n) is 4.63. The van der Waals surface area contributed by atoms with Crippen LogP contribution >= 0.6 is 11.3 Å². The van der Waals surface area contributed by atoms with E-state index in [9.17, 15) is 13.2 Å². The van der Waals surface area contributed by atoms with Crippen molar-refractivity contribution in [2.45, 2.75) is 30.7 Å². The molecule has 1 amide bonds. The van der Waals surface area contributed by atoms with Gasteiger partial charge in [-0.25, -0.2) is 8.42 Å². The summed E-state index contributed by atoms with van der Waals surface area (Å²) in [5, 5.41) is 2.02. The van der Waals surface area contributed by atoms with E-state index in [2.05, 4.69) is 0 Å². The average Bonchev–Trinajstić information content (AvgIpc) is 3.22. The van der Waals surface area contributed by atoms with Gasteiger partial charge in [-0.05, 0) is 54.1 Å². The minimum absolute atomic E-state index is 0.103. The van der Waals surface area contributed by atoms with E-state index in [1.165, 1.54) is 9.18 Å². The molecule has 0 saturated carbocycles. The van der Waals surface area contributed by atoms with E-state index in [0.29, 0.717) is 26.1 Å². The summed E-state index contributed by atoms with van der Waals surface area (Å²) in [4.78, 5) is 15.1. The molecule has 0 spiro atoms. The molecule has 4 rings (SSSR count). The van der Waals surface area contributed by atoms with Crippen molar-refractivity contribution in [1.29, 1.82) is 0 Å². The molecular weight excluding hydrogens is 344 g/mol. The lowest BCUT2D eigenvalue weighted by Gasteiger charge is -2.26. The first-order valence-corrected chi connectivity index (χ1v) is 10.3. The Hall–Kier alpha value is -1.70. The summed E-state index contributed by atoms with van der Waals surface area (Å²) in [5.74, 6) is 0.103. The van der Waals surface area contributed by atoms with E-state index >= 15 is 0 Å². The van der Waals surface area contributed by atoms with Gasteiger partial charge in [-0.15, -0.1) is 11.3 Å². The zero-order chi connectivity index (χ0) is 16.7. The lowest BCUT2D eigenvalue weighted by molar-refractivity contribution is -0.117. The highest BCUT2D eigenvalue weighted by atomic mass is 32.2. The van der Waals surface area contributed by atoms with Gasteiger partial charge in [0, 0.05) is 36.6 Å². The Bertz CT molecular complexity index is 871. The van der Waals surface area contributed by atoms with Crippen molar-refractivity contribution < 1.29 is 13.2 Å². The monoisotopic (exact) mass is 362 g/mol. The SMILES string of the molecule is O=C1CCCN1c1ccc(S(=O)(=O)N2CCc3sccc3C2)cc1. The third-order valence-corrected chi connectivity index (χ3v) is 7.51. The van der Waals surface area contributed by atoms with Crippen molar-refractivity contribution in [3.8, 4) is 0 Å². The van der Waals surface area contributed by atoms with Crippen LogP contribution in [0, 0.1) is 0 Å². The second-order valence-corrected chi connectivity index (χ2v) is 9.04. The fourth-order valence-corrected chi connectivity index (χ4v) is 5.60. The van der Waals surface area contributed by atoms with Crippen LogP contribution in [0.15, 0.2) is 40.6 Å². The second-order valence-electron chi connectivity index (χ2n) is 6.10. The number of carbonyl (C=O) groups is 1. The Morgan fingerprint density at radius 3 is 2.50 bits per heavy atom. The summed E-state index contributed by atoms with van der Waals surface area (Å²) in [6.07, 6.45) is 2.19. The minimum Gasteiger partial charge on any atom is -0.312 e. The summed E-state index contributed by atoms with van der Waals surface area (Å²) in [7, 11) is -3.50. The zero-order valence-electron chi connectivity index (χ0n) is 13.1. The molecule has 7 heteroatoms. The maximum absolute atomic E-state index is 12.9. The van der Waals surface area contributed by atoms with Crippen molar-refractivity contribution >= 4 is 33.0 Å². The van der Waals surface area contributed by atoms with Crippen LogP contribution in [0.5, 0.6) is 0 Å². The molecule has 1 aromatic heterocycles. The molecule has 3 heterocycles. The van der Waals surface area contributed by atoms with Crippen LogP contribution in [-0.4, -0.2) is 31.7 Å². The van der Waals surface area contributed by atoms with Gasteiger partial charge < -0.3 is 4.90 Å². The number of anilines is 1. The van der Waals surface area contributed by atoms with Gasteiger partial charge in [0.05, 0.1) is 4.90 Å². The first-order valence-electron chi connectivity index (χ1n) is 8.01. The predicted molar refractivity (Wildman–Crippen MR) is 93.6 cm³/mol. The maximum atomic E-state index is 12.9. The van der Waals surface area contributed by atoms with Crippen LogP contribution in [0.3, 0.4) is 0 Å². The van der Waals surface area contributed by atoms with E-state index in [-0.39, 0.29) is 10.8 Å². The molecule has 2 aromatic rings. The largest absolute Gasteiger partial charge is 0.312 e. The van der Waals surface area contributed by atoms with Gasteiger partial charge in [0.1, 0.15) is 0 Å². The summed E-state index contributed by atoms with van der Waals surface area (Å²) in [5.41, 5.74) is 1.88. The molecule has 1 fully saturated rings. The van der Waals surface area contributed by atoms with E-state index in [1.54, 1.807) is 40.5 Å². The van der Waals surface area contributed by atoms with Gasteiger partial charge >= 0.3 is 0 Å². The lowest BCUT2D eigenvalue weighted by Crippen LogP contribution is -2.35. The van der Waals surface area contributed by atoms with E-state index in [1.807, 2.05) is 11.4 Å². The van der Waals surface area contributed by atoms with E-state index in [4.69, 9.17) is 0 Å². The first kappa shape index (κ1) is 15.8. The van der Waals surface area contributed by atoms with Crippen molar-refractivity contribution in [2.75, 3.05) is 18.0 Å². The molecule has 2 aliphatic rings.